The molecule has 4 rings (SSSR count). The van der Waals surface area contributed by atoms with Gasteiger partial charge in [-0.15, -0.1) is 0 Å². The third kappa shape index (κ3) is 4.67. The van der Waals surface area contributed by atoms with Crippen molar-refractivity contribution in [2.45, 2.75) is 56.5 Å². The zero-order valence-corrected chi connectivity index (χ0v) is 16.8. The Hall–Kier alpha value is -1.22. The second kappa shape index (κ2) is 8.65. The monoisotopic (exact) mass is 395 g/mol. The molecule has 28 heavy (non-hydrogen) atoms. The summed E-state index contributed by atoms with van der Waals surface area (Å²) in [7, 11) is 2.08. The highest BCUT2D eigenvalue weighted by Gasteiger charge is 2.43. The first kappa shape index (κ1) is 20.1. The minimum absolute atomic E-state index is 0.0713. The predicted molar refractivity (Wildman–Crippen MR) is 102 cm³/mol. The van der Waals surface area contributed by atoms with Crippen LogP contribution in [0.5, 0.6) is 0 Å². The minimum Gasteiger partial charge on any atom is -0.389 e. The van der Waals surface area contributed by atoms with Crippen molar-refractivity contribution in [1.29, 1.82) is 0 Å². The molecule has 0 radical (unpaired) electrons. The second-order valence-corrected chi connectivity index (χ2v) is 8.79. The number of amides is 2. The Morgan fingerprint density at radius 3 is 2.50 bits per heavy atom. The Bertz CT molecular complexity index is 576. The van der Waals surface area contributed by atoms with Gasteiger partial charge in [-0.2, -0.15) is 0 Å². The van der Waals surface area contributed by atoms with Gasteiger partial charge in [0.05, 0.1) is 37.9 Å². The van der Waals surface area contributed by atoms with Gasteiger partial charge in [0.25, 0.3) is 0 Å². The van der Waals surface area contributed by atoms with Crippen molar-refractivity contribution in [3.8, 4) is 0 Å². The average Bonchev–Trinajstić information content (AvgIpc) is 3.50. The number of carbonyl (C=O) groups excluding carboxylic acids is 2. The number of rotatable bonds is 3. The van der Waals surface area contributed by atoms with Gasteiger partial charge in [0.15, 0.2) is 0 Å². The molecule has 0 unspecified atom stereocenters. The average molecular weight is 396 g/mol. The number of aliphatic hydroxyl groups is 1. The maximum Gasteiger partial charge on any atom is 0.226 e. The fraction of sp³-hybridized carbons (Fsp3) is 0.900. The van der Waals surface area contributed by atoms with Gasteiger partial charge in [0.1, 0.15) is 6.10 Å². The highest BCUT2D eigenvalue weighted by atomic mass is 16.5. The fourth-order valence-electron chi connectivity index (χ4n) is 4.54. The van der Waals surface area contributed by atoms with Gasteiger partial charge in [0, 0.05) is 38.6 Å². The Morgan fingerprint density at radius 1 is 1.04 bits per heavy atom. The van der Waals surface area contributed by atoms with Gasteiger partial charge in [-0.1, -0.05) is 0 Å². The maximum absolute atomic E-state index is 12.8. The third-order valence-electron chi connectivity index (χ3n) is 6.45. The van der Waals surface area contributed by atoms with E-state index in [9.17, 15) is 14.7 Å². The van der Waals surface area contributed by atoms with E-state index in [4.69, 9.17) is 9.47 Å². The number of fused-ring (bicyclic) bond motifs is 1. The van der Waals surface area contributed by atoms with Crippen LogP contribution in [0.4, 0.5) is 0 Å². The van der Waals surface area contributed by atoms with Crippen LogP contribution in [0.25, 0.3) is 0 Å². The molecule has 0 spiro atoms. The number of hydrogen-bond acceptors (Lipinski definition) is 6. The SMILES string of the molecule is CN1CCN(C(=O)C[C@@H]2CC[C@@H]3[C@H](COC[C@H](O)CN3C(=O)C3CC3)O2)CC1. The standard InChI is InChI=1S/C20H33N3O5/c1-21-6-8-22(9-7-21)19(25)10-16-4-5-17-18(28-16)13-27-12-15(24)11-23(17)20(26)14-2-3-14/h14-18,24H,2-13H2,1H3/t15-,16+,17-,18+/m1/s1. The zero-order chi connectivity index (χ0) is 19.7. The van der Waals surface area contributed by atoms with E-state index >= 15 is 0 Å². The number of likely N-dealkylation sites (N-methyl/N-ethyl adjacent to an activating group) is 1. The lowest BCUT2D eigenvalue weighted by Gasteiger charge is -2.45. The molecule has 158 valence electrons. The van der Waals surface area contributed by atoms with Crippen molar-refractivity contribution in [2.75, 3.05) is 53.0 Å². The van der Waals surface area contributed by atoms with Crippen molar-refractivity contribution >= 4 is 11.8 Å². The molecule has 3 saturated heterocycles. The molecular weight excluding hydrogens is 362 g/mol. The predicted octanol–water partition coefficient (Wildman–Crippen LogP) is -0.304. The van der Waals surface area contributed by atoms with Crippen molar-refractivity contribution in [3.63, 3.8) is 0 Å². The lowest BCUT2D eigenvalue weighted by molar-refractivity contribution is -0.171. The fourth-order valence-corrected chi connectivity index (χ4v) is 4.54. The molecule has 4 atom stereocenters. The summed E-state index contributed by atoms with van der Waals surface area (Å²) in [6.07, 6.45) is 2.83. The summed E-state index contributed by atoms with van der Waals surface area (Å²) in [5.74, 6) is 0.417. The summed E-state index contributed by atoms with van der Waals surface area (Å²) < 4.78 is 11.9. The second-order valence-electron chi connectivity index (χ2n) is 8.79. The van der Waals surface area contributed by atoms with Crippen LogP contribution in [0.3, 0.4) is 0 Å². The summed E-state index contributed by atoms with van der Waals surface area (Å²) in [6.45, 7) is 4.26. The number of ether oxygens (including phenoxy) is 2. The first-order valence-corrected chi connectivity index (χ1v) is 10.7. The van der Waals surface area contributed by atoms with Crippen LogP contribution in [0, 0.1) is 5.92 Å². The van der Waals surface area contributed by atoms with E-state index in [2.05, 4.69) is 11.9 Å². The van der Waals surface area contributed by atoms with Crippen molar-refractivity contribution in [1.82, 2.24) is 14.7 Å². The van der Waals surface area contributed by atoms with Gasteiger partial charge in [0.2, 0.25) is 11.8 Å². The Balaban J connectivity index is 1.36. The highest BCUT2D eigenvalue weighted by molar-refractivity contribution is 5.81. The number of β-amino-alcohol motifs (C(OH)–C–C–N with tert-alkyl or cyclic N) is 1. The van der Waals surface area contributed by atoms with Crippen LogP contribution in [-0.2, 0) is 19.1 Å². The molecule has 0 aromatic rings. The van der Waals surface area contributed by atoms with Gasteiger partial charge in [-0.25, -0.2) is 0 Å². The van der Waals surface area contributed by atoms with Crippen LogP contribution in [0.1, 0.15) is 32.1 Å². The van der Waals surface area contributed by atoms with E-state index in [-0.39, 0.29) is 42.6 Å². The molecule has 8 heteroatoms. The van der Waals surface area contributed by atoms with Crippen LogP contribution in [0.15, 0.2) is 0 Å². The molecule has 0 aromatic carbocycles. The molecule has 0 bridgehead atoms. The molecule has 4 aliphatic rings. The molecule has 3 aliphatic heterocycles. The Kier molecular flexibility index (Phi) is 6.20. The van der Waals surface area contributed by atoms with Crippen molar-refractivity contribution in [2.24, 2.45) is 5.92 Å². The minimum atomic E-state index is -0.653. The van der Waals surface area contributed by atoms with Gasteiger partial charge in [-0.3, -0.25) is 9.59 Å². The first-order valence-electron chi connectivity index (χ1n) is 10.7. The summed E-state index contributed by atoms with van der Waals surface area (Å²) in [5, 5.41) is 10.1. The quantitative estimate of drug-likeness (QED) is 0.706. The molecule has 4 fully saturated rings. The molecule has 2 amide bonds. The topological polar surface area (TPSA) is 82.6 Å². The van der Waals surface area contributed by atoms with E-state index in [0.717, 1.165) is 51.9 Å². The third-order valence-corrected chi connectivity index (χ3v) is 6.45. The van der Waals surface area contributed by atoms with E-state index in [0.29, 0.717) is 19.6 Å². The van der Waals surface area contributed by atoms with Crippen LogP contribution in [-0.4, -0.2) is 109 Å². The van der Waals surface area contributed by atoms with Gasteiger partial charge in [-0.05, 0) is 32.7 Å². The molecule has 1 aliphatic carbocycles. The van der Waals surface area contributed by atoms with E-state index in [1.54, 1.807) is 0 Å². The van der Waals surface area contributed by atoms with Crippen LogP contribution in [0.2, 0.25) is 0 Å². The molecular formula is C20H33N3O5. The largest absolute Gasteiger partial charge is 0.389 e. The number of carbonyl (C=O) groups is 2. The molecule has 1 saturated carbocycles. The first-order chi connectivity index (χ1) is 13.5. The Morgan fingerprint density at radius 2 is 1.79 bits per heavy atom. The van der Waals surface area contributed by atoms with Crippen molar-refractivity contribution in [3.05, 3.63) is 0 Å². The molecule has 8 nitrogen and oxygen atoms in total. The summed E-state index contributed by atoms with van der Waals surface area (Å²) in [5.41, 5.74) is 0. The van der Waals surface area contributed by atoms with Gasteiger partial charge < -0.3 is 29.3 Å². The van der Waals surface area contributed by atoms with E-state index in [1.807, 2.05) is 9.80 Å². The molecule has 0 aromatic heterocycles. The van der Waals surface area contributed by atoms with E-state index in [1.165, 1.54) is 0 Å². The number of aliphatic hydroxyl groups excluding tert-OH is 1. The van der Waals surface area contributed by atoms with Crippen LogP contribution < -0.4 is 0 Å². The number of hydrogen-bond donors (Lipinski definition) is 1. The lowest BCUT2D eigenvalue weighted by Crippen LogP contribution is -2.58. The van der Waals surface area contributed by atoms with Crippen LogP contribution >= 0.6 is 0 Å². The number of piperazine rings is 1. The molecule has 1 N–H and O–H groups in total. The lowest BCUT2D eigenvalue weighted by atomic mass is 9.94. The number of nitrogens with zero attached hydrogens (tertiary/aromatic N) is 3. The summed E-state index contributed by atoms with van der Waals surface area (Å²) in [6, 6.07) is -0.0713. The Labute approximate surface area is 166 Å². The van der Waals surface area contributed by atoms with Gasteiger partial charge >= 0.3 is 0 Å². The normalized spacial score (nSPS) is 35.1. The van der Waals surface area contributed by atoms with Crippen molar-refractivity contribution < 1.29 is 24.2 Å². The summed E-state index contributed by atoms with van der Waals surface area (Å²) >= 11 is 0. The zero-order valence-electron chi connectivity index (χ0n) is 16.8. The maximum atomic E-state index is 12.8. The summed E-state index contributed by atoms with van der Waals surface area (Å²) in [4.78, 5) is 31.4. The highest BCUT2D eigenvalue weighted by Crippen LogP contribution is 2.35. The van der Waals surface area contributed by atoms with E-state index < -0.39 is 6.10 Å². The molecule has 3 heterocycles. The smallest absolute Gasteiger partial charge is 0.226 e.